The van der Waals surface area contributed by atoms with Crippen molar-refractivity contribution >= 4 is 15.9 Å². The van der Waals surface area contributed by atoms with Gasteiger partial charge in [-0.2, -0.15) is 0 Å². The van der Waals surface area contributed by atoms with Crippen LogP contribution in [-0.4, -0.2) is 12.2 Å². The summed E-state index contributed by atoms with van der Waals surface area (Å²) in [5.74, 6) is 0.691. The molecule has 0 amide bonds. The van der Waals surface area contributed by atoms with Crippen LogP contribution in [0.5, 0.6) is 11.5 Å². The van der Waals surface area contributed by atoms with Gasteiger partial charge in [-0.05, 0) is 24.1 Å². The van der Waals surface area contributed by atoms with Gasteiger partial charge in [-0.3, -0.25) is 0 Å². The van der Waals surface area contributed by atoms with Gasteiger partial charge in [0.15, 0.2) is 11.5 Å². The molecule has 66 valence electrons. The molecule has 0 aliphatic heterocycles. The van der Waals surface area contributed by atoms with Gasteiger partial charge in [0.2, 0.25) is 0 Å². The fourth-order valence-corrected chi connectivity index (χ4v) is 1.63. The number of hydrogen-bond acceptors (Lipinski definition) is 2. The van der Waals surface area contributed by atoms with Crippen molar-refractivity contribution in [3.63, 3.8) is 0 Å². The van der Waals surface area contributed by atoms with Crippen LogP contribution in [0.15, 0.2) is 16.6 Å². The van der Waals surface area contributed by atoms with E-state index in [1.54, 1.807) is 13.2 Å². The Kier molecular flexibility index (Phi) is 2.98. The monoisotopic (exact) mass is 230 g/mol. The Morgan fingerprint density at radius 3 is 2.67 bits per heavy atom. The van der Waals surface area contributed by atoms with Crippen molar-refractivity contribution in [2.45, 2.75) is 13.3 Å². The lowest BCUT2D eigenvalue weighted by Crippen LogP contribution is -1.88. The van der Waals surface area contributed by atoms with Crippen molar-refractivity contribution in [2.24, 2.45) is 0 Å². The molecule has 0 spiro atoms. The van der Waals surface area contributed by atoms with Gasteiger partial charge in [-0.25, -0.2) is 0 Å². The molecule has 1 N–H and O–H groups in total. The van der Waals surface area contributed by atoms with Crippen molar-refractivity contribution in [3.05, 3.63) is 22.2 Å². The van der Waals surface area contributed by atoms with Crippen LogP contribution >= 0.6 is 15.9 Å². The zero-order valence-electron chi connectivity index (χ0n) is 7.10. The van der Waals surface area contributed by atoms with Crippen molar-refractivity contribution in [1.82, 2.24) is 0 Å². The number of rotatable bonds is 2. The van der Waals surface area contributed by atoms with E-state index in [-0.39, 0.29) is 5.75 Å². The second-order valence-corrected chi connectivity index (χ2v) is 3.32. The minimum atomic E-state index is 0.168. The molecule has 12 heavy (non-hydrogen) atoms. The van der Waals surface area contributed by atoms with E-state index in [4.69, 9.17) is 4.74 Å². The summed E-state index contributed by atoms with van der Waals surface area (Å²) >= 11 is 3.36. The molecule has 0 saturated carbocycles. The molecule has 0 aliphatic rings. The molecule has 0 bridgehead atoms. The highest BCUT2D eigenvalue weighted by atomic mass is 79.9. The number of methoxy groups -OCH3 is 1. The summed E-state index contributed by atoms with van der Waals surface area (Å²) in [5.41, 5.74) is 1.13. The second kappa shape index (κ2) is 3.81. The van der Waals surface area contributed by atoms with Gasteiger partial charge < -0.3 is 9.84 Å². The molecule has 0 aliphatic carbocycles. The highest BCUT2D eigenvalue weighted by Gasteiger charge is 2.05. The molecule has 3 heteroatoms. The summed E-state index contributed by atoms with van der Waals surface area (Å²) in [4.78, 5) is 0. The maximum atomic E-state index is 9.36. The van der Waals surface area contributed by atoms with Crippen LogP contribution < -0.4 is 4.74 Å². The smallest absolute Gasteiger partial charge is 0.160 e. The Labute approximate surface area is 80.3 Å². The molecule has 1 aromatic rings. The van der Waals surface area contributed by atoms with Gasteiger partial charge in [0.25, 0.3) is 0 Å². The van der Waals surface area contributed by atoms with Gasteiger partial charge in [-0.15, -0.1) is 0 Å². The minimum absolute atomic E-state index is 0.168. The van der Waals surface area contributed by atoms with Crippen LogP contribution in [0, 0.1) is 0 Å². The summed E-state index contributed by atoms with van der Waals surface area (Å²) in [6, 6.07) is 3.48. The number of aryl methyl sites for hydroxylation is 1. The number of aromatic hydroxyl groups is 1. The van der Waals surface area contributed by atoms with Crippen molar-refractivity contribution in [2.75, 3.05) is 7.11 Å². The first kappa shape index (κ1) is 9.39. The SMILES string of the molecule is CCc1cc(OC)c(O)cc1Br. The molecule has 1 rings (SSSR count). The van der Waals surface area contributed by atoms with Crippen LogP contribution in [0.2, 0.25) is 0 Å². The summed E-state index contributed by atoms with van der Waals surface area (Å²) in [7, 11) is 1.54. The topological polar surface area (TPSA) is 29.5 Å². The van der Waals surface area contributed by atoms with E-state index in [0.717, 1.165) is 16.5 Å². The Bertz CT molecular complexity index is 259. The fourth-order valence-electron chi connectivity index (χ4n) is 1.02. The summed E-state index contributed by atoms with van der Waals surface area (Å²) in [6.07, 6.45) is 0.914. The maximum Gasteiger partial charge on any atom is 0.160 e. The molecule has 0 unspecified atom stereocenters. The average Bonchev–Trinajstić information content (AvgIpc) is 2.05. The Hall–Kier alpha value is -0.700. The number of phenolic OH excluding ortho intramolecular Hbond substituents is 1. The number of benzene rings is 1. The average molecular weight is 231 g/mol. The molecule has 0 atom stereocenters. The van der Waals surface area contributed by atoms with Crippen LogP contribution in [-0.2, 0) is 6.42 Å². The molecule has 0 aromatic heterocycles. The molecule has 0 fully saturated rings. The number of halogens is 1. The van der Waals surface area contributed by atoms with Gasteiger partial charge in [0.05, 0.1) is 7.11 Å². The molecule has 0 radical (unpaired) electrons. The van der Waals surface area contributed by atoms with Gasteiger partial charge in [-0.1, -0.05) is 22.9 Å². The Morgan fingerprint density at radius 1 is 1.50 bits per heavy atom. The van der Waals surface area contributed by atoms with E-state index in [1.165, 1.54) is 0 Å². The van der Waals surface area contributed by atoms with E-state index in [1.807, 2.05) is 6.07 Å². The van der Waals surface area contributed by atoms with E-state index >= 15 is 0 Å². The molecule has 2 nitrogen and oxygen atoms in total. The van der Waals surface area contributed by atoms with E-state index in [9.17, 15) is 5.11 Å². The van der Waals surface area contributed by atoms with Crippen LogP contribution in [0.4, 0.5) is 0 Å². The molecular formula is C9H11BrO2. The number of hydrogen-bond donors (Lipinski definition) is 1. The first-order valence-corrected chi connectivity index (χ1v) is 4.53. The van der Waals surface area contributed by atoms with E-state index in [0.29, 0.717) is 5.75 Å². The molecule has 0 heterocycles. The highest BCUT2D eigenvalue weighted by molar-refractivity contribution is 9.10. The van der Waals surface area contributed by atoms with Gasteiger partial charge in [0, 0.05) is 4.47 Å². The first-order chi connectivity index (χ1) is 5.69. The zero-order valence-corrected chi connectivity index (χ0v) is 8.68. The fraction of sp³-hybridized carbons (Fsp3) is 0.333. The van der Waals surface area contributed by atoms with Crippen LogP contribution in [0.1, 0.15) is 12.5 Å². The Morgan fingerprint density at radius 2 is 2.17 bits per heavy atom. The lowest BCUT2D eigenvalue weighted by molar-refractivity contribution is 0.372. The van der Waals surface area contributed by atoms with E-state index in [2.05, 4.69) is 22.9 Å². The van der Waals surface area contributed by atoms with Crippen LogP contribution in [0.25, 0.3) is 0 Å². The largest absolute Gasteiger partial charge is 0.504 e. The van der Waals surface area contributed by atoms with Crippen molar-refractivity contribution in [3.8, 4) is 11.5 Å². The summed E-state index contributed by atoms with van der Waals surface area (Å²) < 4.78 is 5.89. The van der Waals surface area contributed by atoms with Gasteiger partial charge in [0.1, 0.15) is 0 Å². The first-order valence-electron chi connectivity index (χ1n) is 3.74. The third kappa shape index (κ3) is 1.72. The van der Waals surface area contributed by atoms with Crippen molar-refractivity contribution in [1.29, 1.82) is 0 Å². The number of phenols is 1. The predicted molar refractivity (Wildman–Crippen MR) is 51.7 cm³/mol. The lowest BCUT2D eigenvalue weighted by atomic mass is 10.1. The molecule has 1 aromatic carbocycles. The standard InChI is InChI=1S/C9H11BrO2/c1-3-6-4-9(12-2)8(11)5-7(6)10/h4-5,11H,3H2,1-2H3. The van der Waals surface area contributed by atoms with Gasteiger partial charge >= 0.3 is 0 Å². The van der Waals surface area contributed by atoms with E-state index < -0.39 is 0 Å². The molecular weight excluding hydrogens is 220 g/mol. The molecule has 0 saturated heterocycles. The Balaban J connectivity index is 3.18. The lowest BCUT2D eigenvalue weighted by Gasteiger charge is -2.07. The zero-order chi connectivity index (χ0) is 9.14. The summed E-state index contributed by atoms with van der Waals surface area (Å²) in [5, 5.41) is 9.36. The maximum absolute atomic E-state index is 9.36. The minimum Gasteiger partial charge on any atom is -0.504 e. The van der Waals surface area contributed by atoms with Crippen molar-refractivity contribution < 1.29 is 9.84 Å². The second-order valence-electron chi connectivity index (χ2n) is 2.47. The highest BCUT2D eigenvalue weighted by Crippen LogP contribution is 2.32. The summed E-state index contributed by atoms with van der Waals surface area (Å²) in [6.45, 7) is 2.05. The van der Waals surface area contributed by atoms with Crippen LogP contribution in [0.3, 0.4) is 0 Å². The normalized spacial score (nSPS) is 9.92. The third-order valence-electron chi connectivity index (χ3n) is 1.73. The predicted octanol–water partition coefficient (Wildman–Crippen LogP) is 2.73. The number of ether oxygens (including phenoxy) is 1. The quantitative estimate of drug-likeness (QED) is 0.847. The third-order valence-corrected chi connectivity index (χ3v) is 2.47.